The van der Waals surface area contributed by atoms with E-state index >= 15 is 0 Å². The van der Waals surface area contributed by atoms with Gasteiger partial charge in [-0.2, -0.15) is 0 Å². The van der Waals surface area contributed by atoms with E-state index in [1.54, 1.807) is 0 Å². The predicted octanol–water partition coefficient (Wildman–Crippen LogP) is 2.96. The summed E-state index contributed by atoms with van der Waals surface area (Å²) in [5.41, 5.74) is 8.48. The van der Waals surface area contributed by atoms with Crippen molar-refractivity contribution in [3.05, 3.63) is 34.3 Å². The number of nitrogens with two attached hydrogens (primary N) is 1. The van der Waals surface area contributed by atoms with Gasteiger partial charge in [0, 0.05) is 5.02 Å². The molecule has 2 unspecified atom stereocenters. The summed E-state index contributed by atoms with van der Waals surface area (Å²) < 4.78 is 0. The van der Waals surface area contributed by atoms with Crippen LogP contribution in [-0.2, 0) is 6.42 Å². The highest BCUT2D eigenvalue weighted by molar-refractivity contribution is 6.31. The van der Waals surface area contributed by atoms with Gasteiger partial charge in [-0.25, -0.2) is 0 Å². The third-order valence-electron chi connectivity index (χ3n) is 3.12. The number of halogens is 1. The maximum absolute atomic E-state index is 6.19. The topological polar surface area (TPSA) is 26.0 Å². The van der Waals surface area contributed by atoms with E-state index in [-0.39, 0.29) is 0 Å². The second kappa shape index (κ2) is 3.92. The fourth-order valence-electron chi connectivity index (χ4n) is 2.44. The van der Waals surface area contributed by atoms with E-state index in [2.05, 4.69) is 13.0 Å². The molecular formula is C12H16ClN. The molecule has 2 heteroatoms. The molecule has 1 aromatic rings. The minimum atomic E-state index is 0.507. The van der Waals surface area contributed by atoms with Crippen LogP contribution in [0.25, 0.3) is 0 Å². The van der Waals surface area contributed by atoms with Crippen LogP contribution in [0.3, 0.4) is 0 Å². The van der Waals surface area contributed by atoms with Crippen molar-refractivity contribution in [2.45, 2.75) is 25.7 Å². The van der Waals surface area contributed by atoms with Crippen molar-refractivity contribution in [3.8, 4) is 0 Å². The van der Waals surface area contributed by atoms with E-state index < -0.39 is 0 Å². The normalized spacial score (nSPS) is 25.9. The molecule has 1 aliphatic rings. The van der Waals surface area contributed by atoms with Crippen LogP contribution in [0.4, 0.5) is 0 Å². The van der Waals surface area contributed by atoms with Crippen molar-refractivity contribution < 1.29 is 0 Å². The monoisotopic (exact) mass is 209 g/mol. The first-order chi connectivity index (χ1) is 6.72. The van der Waals surface area contributed by atoms with E-state index in [1.807, 2.05) is 12.1 Å². The van der Waals surface area contributed by atoms with E-state index in [0.717, 1.165) is 18.0 Å². The molecule has 2 rings (SSSR count). The minimum absolute atomic E-state index is 0.507. The molecule has 0 bridgehead atoms. The molecule has 0 fully saturated rings. The number of hydrogen-bond donors (Lipinski definition) is 1. The smallest absolute Gasteiger partial charge is 0.0440 e. The fourth-order valence-corrected chi connectivity index (χ4v) is 2.70. The van der Waals surface area contributed by atoms with E-state index in [0.29, 0.717) is 11.8 Å². The Hall–Kier alpha value is -0.530. The number of rotatable bonds is 1. The van der Waals surface area contributed by atoms with Crippen LogP contribution in [-0.4, -0.2) is 6.54 Å². The van der Waals surface area contributed by atoms with Crippen LogP contribution in [0.2, 0.25) is 5.02 Å². The zero-order valence-corrected chi connectivity index (χ0v) is 9.22. The first-order valence-electron chi connectivity index (χ1n) is 5.19. The molecule has 76 valence electrons. The quantitative estimate of drug-likeness (QED) is 0.756. The SMILES string of the molecule is CC1Cc2c(Cl)cccc2C(CN)C1. The zero-order chi connectivity index (χ0) is 10.1. The van der Waals surface area contributed by atoms with Crippen LogP contribution in [0.1, 0.15) is 30.4 Å². The van der Waals surface area contributed by atoms with Crippen molar-refractivity contribution in [2.75, 3.05) is 6.54 Å². The van der Waals surface area contributed by atoms with Gasteiger partial charge in [-0.3, -0.25) is 0 Å². The average Bonchev–Trinajstić information content (AvgIpc) is 2.18. The van der Waals surface area contributed by atoms with Crippen LogP contribution >= 0.6 is 11.6 Å². The maximum Gasteiger partial charge on any atom is 0.0440 e. The third-order valence-corrected chi connectivity index (χ3v) is 3.47. The van der Waals surface area contributed by atoms with E-state index in [9.17, 15) is 0 Å². The maximum atomic E-state index is 6.19. The summed E-state index contributed by atoms with van der Waals surface area (Å²) in [5, 5.41) is 0.910. The molecule has 14 heavy (non-hydrogen) atoms. The van der Waals surface area contributed by atoms with Gasteiger partial charge in [0.1, 0.15) is 0 Å². The van der Waals surface area contributed by atoms with E-state index in [1.165, 1.54) is 17.5 Å². The predicted molar refractivity (Wildman–Crippen MR) is 60.7 cm³/mol. The summed E-state index contributed by atoms with van der Waals surface area (Å²) in [5.74, 6) is 1.21. The van der Waals surface area contributed by atoms with Gasteiger partial charge in [0.25, 0.3) is 0 Å². The number of benzene rings is 1. The molecular weight excluding hydrogens is 194 g/mol. The van der Waals surface area contributed by atoms with Crippen molar-refractivity contribution in [3.63, 3.8) is 0 Å². The van der Waals surface area contributed by atoms with Crippen LogP contribution < -0.4 is 5.73 Å². The Labute approximate surface area is 90.3 Å². The molecule has 0 radical (unpaired) electrons. The standard InChI is InChI=1S/C12H16ClN/c1-8-5-9(7-14)10-3-2-4-12(13)11(10)6-8/h2-4,8-9H,5-7,14H2,1H3. The van der Waals surface area contributed by atoms with Gasteiger partial charge in [0.05, 0.1) is 0 Å². The van der Waals surface area contributed by atoms with Gasteiger partial charge >= 0.3 is 0 Å². The molecule has 1 aromatic carbocycles. The molecule has 0 aliphatic heterocycles. The van der Waals surface area contributed by atoms with Gasteiger partial charge in [0.2, 0.25) is 0 Å². The zero-order valence-electron chi connectivity index (χ0n) is 8.46. The Kier molecular flexibility index (Phi) is 2.80. The molecule has 1 aliphatic carbocycles. The lowest BCUT2D eigenvalue weighted by Gasteiger charge is -2.29. The Balaban J connectivity index is 2.45. The molecule has 0 heterocycles. The highest BCUT2D eigenvalue weighted by Gasteiger charge is 2.24. The lowest BCUT2D eigenvalue weighted by atomic mass is 9.77. The van der Waals surface area contributed by atoms with Crippen molar-refractivity contribution in [1.82, 2.24) is 0 Å². The number of fused-ring (bicyclic) bond motifs is 1. The second-order valence-corrected chi connectivity index (χ2v) is 4.69. The Morgan fingerprint density at radius 2 is 2.29 bits per heavy atom. The summed E-state index contributed by atoms with van der Waals surface area (Å²) in [6.07, 6.45) is 2.30. The molecule has 2 atom stereocenters. The van der Waals surface area contributed by atoms with Gasteiger partial charge in [0.15, 0.2) is 0 Å². The van der Waals surface area contributed by atoms with E-state index in [4.69, 9.17) is 17.3 Å². The molecule has 0 amide bonds. The summed E-state index contributed by atoms with van der Waals surface area (Å²) in [7, 11) is 0. The minimum Gasteiger partial charge on any atom is -0.330 e. The van der Waals surface area contributed by atoms with Gasteiger partial charge < -0.3 is 5.73 Å². The number of hydrogen-bond acceptors (Lipinski definition) is 1. The van der Waals surface area contributed by atoms with Crippen LogP contribution in [0, 0.1) is 5.92 Å². The molecule has 0 saturated heterocycles. The highest BCUT2D eigenvalue weighted by Crippen LogP contribution is 2.37. The molecule has 0 spiro atoms. The Morgan fingerprint density at radius 1 is 1.50 bits per heavy atom. The molecule has 1 nitrogen and oxygen atoms in total. The Bertz CT molecular complexity index is 335. The molecule has 2 N–H and O–H groups in total. The molecule has 0 aromatic heterocycles. The summed E-state index contributed by atoms with van der Waals surface area (Å²) in [6.45, 7) is 3.01. The first kappa shape index (κ1) is 10.0. The largest absolute Gasteiger partial charge is 0.330 e. The lowest BCUT2D eigenvalue weighted by Crippen LogP contribution is -2.22. The second-order valence-electron chi connectivity index (χ2n) is 4.29. The van der Waals surface area contributed by atoms with Crippen molar-refractivity contribution in [2.24, 2.45) is 11.7 Å². The lowest BCUT2D eigenvalue weighted by molar-refractivity contribution is 0.436. The van der Waals surface area contributed by atoms with Crippen LogP contribution in [0.15, 0.2) is 18.2 Å². The first-order valence-corrected chi connectivity index (χ1v) is 5.57. The Morgan fingerprint density at radius 3 is 3.00 bits per heavy atom. The highest BCUT2D eigenvalue weighted by atomic mass is 35.5. The summed E-state index contributed by atoms with van der Waals surface area (Å²) >= 11 is 6.19. The average molecular weight is 210 g/mol. The van der Waals surface area contributed by atoms with Crippen LogP contribution in [0.5, 0.6) is 0 Å². The van der Waals surface area contributed by atoms with Crippen molar-refractivity contribution in [1.29, 1.82) is 0 Å². The third kappa shape index (κ3) is 1.67. The summed E-state index contributed by atoms with van der Waals surface area (Å²) in [6, 6.07) is 6.18. The molecule has 0 saturated carbocycles. The van der Waals surface area contributed by atoms with Gasteiger partial charge in [-0.05, 0) is 48.4 Å². The fraction of sp³-hybridized carbons (Fsp3) is 0.500. The van der Waals surface area contributed by atoms with Gasteiger partial charge in [-0.15, -0.1) is 0 Å². The van der Waals surface area contributed by atoms with Crippen molar-refractivity contribution >= 4 is 11.6 Å². The van der Waals surface area contributed by atoms with Gasteiger partial charge in [-0.1, -0.05) is 30.7 Å². The summed E-state index contributed by atoms with van der Waals surface area (Å²) in [4.78, 5) is 0.